The Labute approximate surface area is 140 Å². The number of carbonyl (C=O) groups is 1. The fraction of sp³-hybridized carbons (Fsp3) is 0.211. The summed E-state index contributed by atoms with van der Waals surface area (Å²) in [5, 5.41) is 6.96. The minimum Gasteiger partial charge on any atom is -0.350 e. The van der Waals surface area contributed by atoms with E-state index in [0.717, 1.165) is 17.5 Å². The van der Waals surface area contributed by atoms with E-state index in [1.807, 2.05) is 56.3 Å². The number of benzene rings is 2. The number of hydrogen-bond donors (Lipinski definition) is 1. The first-order valence-electron chi connectivity index (χ1n) is 7.98. The Morgan fingerprint density at radius 1 is 1.12 bits per heavy atom. The van der Waals surface area contributed by atoms with Crippen molar-refractivity contribution < 1.29 is 9.32 Å². The van der Waals surface area contributed by atoms with Crippen LogP contribution in [0.15, 0.2) is 59.1 Å². The van der Waals surface area contributed by atoms with Gasteiger partial charge in [-0.25, -0.2) is 0 Å². The first-order chi connectivity index (χ1) is 11.7. The van der Waals surface area contributed by atoms with Gasteiger partial charge in [0, 0.05) is 22.7 Å². The van der Waals surface area contributed by atoms with Gasteiger partial charge in [0.05, 0.1) is 0 Å². The molecule has 1 heterocycles. The minimum atomic E-state index is -0.103. The number of amides is 1. The van der Waals surface area contributed by atoms with E-state index >= 15 is 0 Å². The molecule has 3 rings (SSSR count). The van der Waals surface area contributed by atoms with Crippen molar-refractivity contribution in [1.29, 1.82) is 0 Å². The lowest BCUT2D eigenvalue weighted by Crippen LogP contribution is -2.31. The van der Waals surface area contributed by atoms with Crippen LogP contribution in [0, 0.1) is 0 Å². The molecular weight excluding hydrogens is 302 g/mol. The number of rotatable bonds is 5. The average molecular weight is 321 g/mol. The van der Waals surface area contributed by atoms with Crippen molar-refractivity contribution in [2.45, 2.75) is 26.3 Å². The average Bonchev–Trinajstić information content (AvgIpc) is 3.12. The van der Waals surface area contributed by atoms with Gasteiger partial charge in [-0.2, -0.15) is 4.98 Å². The molecule has 1 atom stereocenters. The van der Waals surface area contributed by atoms with Gasteiger partial charge in [0.2, 0.25) is 5.82 Å². The maximum Gasteiger partial charge on any atom is 0.258 e. The number of aromatic nitrogens is 2. The molecular formula is C19H19N3O2. The van der Waals surface area contributed by atoms with Gasteiger partial charge in [-0.3, -0.25) is 4.79 Å². The van der Waals surface area contributed by atoms with Crippen molar-refractivity contribution in [3.63, 3.8) is 0 Å². The molecule has 3 aromatic rings. The van der Waals surface area contributed by atoms with Gasteiger partial charge in [0.15, 0.2) is 0 Å². The van der Waals surface area contributed by atoms with Crippen LogP contribution >= 0.6 is 0 Å². The van der Waals surface area contributed by atoms with E-state index in [2.05, 4.69) is 15.5 Å². The molecule has 0 aliphatic carbocycles. The van der Waals surface area contributed by atoms with Crippen LogP contribution in [0.1, 0.15) is 30.6 Å². The Morgan fingerprint density at radius 2 is 1.88 bits per heavy atom. The van der Waals surface area contributed by atoms with E-state index in [9.17, 15) is 4.79 Å². The molecule has 0 fully saturated rings. The van der Waals surface area contributed by atoms with Crippen LogP contribution in [0.25, 0.3) is 22.8 Å². The molecule has 5 nitrogen and oxygen atoms in total. The first-order valence-corrected chi connectivity index (χ1v) is 7.98. The molecule has 122 valence electrons. The van der Waals surface area contributed by atoms with Crippen molar-refractivity contribution in [2.75, 3.05) is 0 Å². The number of nitrogens with one attached hydrogen (secondary N) is 1. The van der Waals surface area contributed by atoms with Gasteiger partial charge >= 0.3 is 0 Å². The Hall–Kier alpha value is -2.95. The first kappa shape index (κ1) is 15.9. The lowest BCUT2D eigenvalue weighted by atomic mass is 10.1. The molecule has 1 N–H and O–H groups in total. The molecule has 5 heteroatoms. The van der Waals surface area contributed by atoms with Gasteiger partial charge in [0.1, 0.15) is 0 Å². The molecule has 24 heavy (non-hydrogen) atoms. The van der Waals surface area contributed by atoms with Gasteiger partial charge in [0.25, 0.3) is 11.8 Å². The molecule has 0 bridgehead atoms. The van der Waals surface area contributed by atoms with E-state index in [1.54, 1.807) is 12.1 Å². The Morgan fingerprint density at radius 3 is 2.62 bits per heavy atom. The van der Waals surface area contributed by atoms with Crippen LogP contribution in [-0.2, 0) is 0 Å². The maximum absolute atomic E-state index is 12.2. The van der Waals surface area contributed by atoms with E-state index in [0.29, 0.717) is 17.3 Å². The van der Waals surface area contributed by atoms with Gasteiger partial charge < -0.3 is 9.84 Å². The summed E-state index contributed by atoms with van der Waals surface area (Å²) >= 11 is 0. The smallest absolute Gasteiger partial charge is 0.258 e. The van der Waals surface area contributed by atoms with Gasteiger partial charge in [-0.15, -0.1) is 0 Å². The van der Waals surface area contributed by atoms with Crippen LogP contribution in [0.5, 0.6) is 0 Å². The third-order valence-electron chi connectivity index (χ3n) is 3.82. The second-order valence-corrected chi connectivity index (χ2v) is 5.65. The predicted octanol–water partition coefficient (Wildman–Crippen LogP) is 3.93. The van der Waals surface area contributed by atoms with Crippen LogP contribution in [0.3, 0.4) is 0 Å². The lowest BCUT2D eigenvalue weighted by Gasteiger charge is -2.11. The van der Waals surface area contributed by atoms with Crippen LogP contribution in [-0.4, -0.2) is 22.1 Å². The predicted molar refractivity (Wildman–Crippen MR) is 92.4 cm³/mol. The standard InChI is InChI=1S/C19H19N3O2/c1-3-13(2)20-18(23)15-10-7-11-16(12-15)19-21-17(22-24-19)14-8-5-4-6-9-14/h4-13H,3H2,1-2H3,(H,20,23). The van der Waals surface area contributed by atoms with E-state index in [4.69, 9.17) is 4.52 Å². The normalized spacial score (nSPS) is 11.9. The maximum atomic E-state index is 12.2. The van der Waals surface area contributed by atoms with Crippen LogP contribution in [0.4, 0.5) is 0 Å². The highest BCUT2D eigenvalue weighted by molar-refractivity contribution is 5.95. The number of hydrogen-bond acceptors (Lipinski definition) is 4. The van der Waals surface area contributed by atoms with E-state index in [1.165, 1.54) is 0 Å². The topological polar surface area (TPSA) is 68.0 Å². The second-order valence-electron chi connectivity index (χ2n) is 5.65. The summed E-state index contributed by atoms with van der Waals surface area (Å²) in [6.45, 7) is 4.01. The summed E-state index contributed by atoms with van der Waals surface area (Å²) in [7, 11) is 0. The summed E-state index contributed by atoms with van der Waals surface area (Å²) in [6.07, 6.45) is 0.884. The number of carbonyl (C=O) groups excluding carboxylic acids is 1. The highest BCUT2D eigenvalue weighted by Gasteiger charge is 2.13. The van der Waals surface area contributed by atoms with Crippen LogP contribution in [0.2, 0.25) is 0 Å². The summed E-state index contributed by atoms with van der Waals surface area (Å²) in [4.78, 5) is 16.7. The Bertz CT molecular complexity index is 827. The molecule has 0 spiro atoms. The molecule has 0 saturated heterocycles. The highest BCUT2D eigenvalue weighted by atomic mass is 16.5. The zero-order valence-electron chi connectivity index (χ0n) is 13.7. The highest BCUT2D eigenvalue weighted by Crippen LogP contribution is 2.22. The van der Waals surface area contributed by atoms with Crippen molar-refractivity contribution in [3.8, 4) is 22.8 Å². The van der Waals surface area contributed by atoms with E-state index in [-0.39, 0.29) is 11.9 Å². The van der Waals surface area contributed by atoms with Gasteiger partial charge in [-0.1, -0.05) is 48.5 Å². The zero-order valence-corrected chi connectivity index (χ0v) is 13.7. The third kappa shape index (κ3) is 3.51. The largest absolute Gasteiger partial charge is 0.350 e. The molecule has 2 aromatic carbocycles. The Balaban J connectivity index is 1.84. The Kier molecular flexibility index (Phi) is 4.70. The van der Waals surface area contributed by atoms with Gasteiger partial charge in [-0.05, 0) is 31.5 Å². The molecule has 0 saturated carbocycles. The molecule has 1 amide bonds. The fourth-order valence-electron chi connectivity index (χ4n) is 2.25. The monoisotopic (exact) mass is 321 g/mol. The molecule has 1 unspecified atom stereocenters. The minimum absolute atomic E-state index is 0.103. The lowest BCUT2D eigenvalue weighted by molar-refractivity contribution is 0.0939. The van der Waals surface area contributed by atoms with Crippen LogP contribution < -0.4 is 5.32 Å². The number of nitrogens with zero attached hydrogens (tertiary/aromatic N) is 2. The second kappa shape index (κ2) is 7.08. The molecule has 0 aliphatic heterocycles. The van der Waals surface area contributed by atoms with Crippen molar-refractivity contribution in [3.05, 3.63) is 60.2 Å². The molecule has 1 aromatic heterocycles. The van der Waals surface area contributed by atoms with Crippen molar-refractivity contribution in [2.24, 2.45) is 0 Å². The summed E-state index contributed by atoms with van der Waals surface area (Å²) in [6, 6.07) is 17.0. The summed E-state index contributed by atoms with van der Waals surface area (Å²) in [5.41, 5.74) is 2.19. The molecule has 0 aliphatic rings. The fourth-order valence-corrected chi connectivity index (χ4v) is 2.25. The summed E-state index contributed by atoms with van der Waals surface area (Å²) in [5.74, 6) is 0.820. The van der Waals surface area contributed by atoms with E-state index < -0.39 is 0 Å². The molecule has 0 radical (unpaired) electrons. The van der Waals surface area contributed by atoms with Crippen molar-refractivity contribution >= 4 is 5.91 Å². The quantitative estimate of drug-likeness (QED) is 0.773. The van der Waals surface area contributed by atoms with Crippen molar-refractivity contribution in [1.82, 2.24) is 15.5 Å². The zero-order chi connectivity index (χ0) is 16.9. The SMILES string of the molecule is CCC(C)NC(=O)c1cccc(-c2nc(-c3ccccc3)no2)c1. The summed E-state index contributed by atoms with van der Waals surface area (Å²) < 4.78 is 5.35. The third-order valence-corrected chi connectivity index (χ3v) is 3.82.